The Labute approximate surface area is 192 Å². The molecule has 0 bridgehead atoms. The summed E-state index contributed by atoms with van der Waals surface area (Å²) in [6.45, 7) is 6.37. The van der Waals surface area contributed by atoms with Gasteiger partial charge in [0.2, 0.25) is 0 Å². The van der Waals surface area contributed by atoms with Crippen molar-refractivity contribution >= 4 is 22.9 Å². The predicted octanol–water partition coefficient (Wildman–Crippen LogP) is 5.16. The Bertz CT molecular complexity index is 1120. The zero-order valence-corrected chi connectivity index (χ0v) is 20.1. The molecular formula is C24H30N4O3S. The first-order chi connectivity index (χ1) is 15.3. The average Bonchev–Trinajstić information content (AvgIpc) is 3.40. The summed E-state index contributed by atoms with van der Waals surface area (Å²) in [6, 6.07) is 5.95. The molecule has 1 atom stereocenters. The zero-order chi connectivity index (χ0) is 22.9. The van der Waals surface area contributed by atoms with Gasteiger partial charge in [0.15, 0.2) is 17.3 Å². The van der Waals surface area contributed by atoms with Gasteiger partial charge in [0.1, 0.15) is 10.8 Å². The number of benzene rings is 1. The van der Waals surface area contributed by atoms with Crippen LogP contribution in [0, 0.1) is 6.92 Å². The van der Waals surface area contributed by atoms with Gasteiger partial charge in [-0.2, -0.15) is 5.10 Å². The molecule has 0 amide bonds. The number of Topliss-reactive ketones (excluding diaryl/α,β-unsaturated/α-hetero) is 1. The number of fused-ring (bicyclic) bond motifs is 1. The fourth-order valence-electron chi connectivity index (χ4n) is 4.26. The Morgan fingerprint density at radius 1 is 1.25 bits per heavy atom. The molecule has 2 aromatic heterocycles. The number of methoxy groups -OCH3 is 2. The van der Waals surface area contributed by atoms with E-state index in [-0.39, 0.29) is 17.4 Å². The lowest BCUT2D eigenvalue weighted by atomic mass is 9.92. The smallest absolute Gasteiger partial charge is 0.168 e. The molecule has 0 saturated carbocycles. The van der Waals surface area contributed by atoms with Crippen LogP contribution in [-0.4, -0.2) is 34.8 Å². The largest absolute Gasteiger partial charge is 0.493 e. The highest BCUT2D eigenvalue weighted by Crippen LogP contribution is 2.41. The SMILES string of the molecule is COc1ccc(CCCC(=O)c2cnn3c2NC(c2ncc(C)s2)CC3(C)C)cc1OC. The van der Waals surface area contributed by atoms with Crippen molar-refractivity contribution in [2.45, 2.75) is 58.0 Å². The number of carbonyl (C=O) groups excluding carboxylic acids is 1. The second kappa shape index (κ2) is 8.94. The molecular weight excluding hydrogens is 424 g/mol. The number of nitrogens with one attached hydrogen (secondary N) is 1. The molecule has 3 heterocycles. The molecule has 0 saturated heterocycles. The maximum absolute atomic E-state index is 13.1. The van der Waals surface area contributed by atoms with Crippen molar-refractivity contribution in [3.8, 4) is 11.5 Å². The van der Waals surface area contributed by atoms with Gasteiger partial charge in [-0.25, -0.2) is 9.67 Å². The molecule has 1 N–H and O–H groups in total. The minimum atomic E-state index is -0.205. The van der Waals surface area contributed by atoms with Crippen LogP contribution >= 0.6 is 11.3 Å². The first-order valence-corrected chi connectivity index (χ1v) is 11.7. The maximum Gasteiger partial charge on any atom is 0.168 e. The van der Waals surface area contributed by atoms with Gasteiger partial charge < -0.3 is 14.8 Å². The molecule has 1 aliphatic heterocycles. The van der Waals surface area contributed by atoms with Crippen molar-refractivity contribution in [2.75, 3.05) is 19.5 Å². The van der Waals surface area contributed by atoms with Crippen LogP contribution in [-0.2, 0) is 12.0 Å². The van der Waals surface area contributed by atoms with Crippen molar-refractivity contribution in [2.24, 2.45) is 0 Å². The normalized spacial score (nSPS) is 16.8. The van der Waals surface area contributed by atoms with Crippen molar-refractivity contribution < 1.29 is 14.3 Å². The number of ketones is 1. The molecule has 7 nitrogen and oxygen atoms in total. The Balaban J connectivity index is 1.46. The Kier molecular flexibility index (Phi) is 6.24. The maximum atomic E-state index is 13.1. The van der Waals surface area contributed by atoms with E-state index in [1.165, 1.54) is 4.88 Å². The van der Waals surface area contributed by atoms with Gasteiger partial charge in [-0.15, -0.1) is 11.3 Å². The van der Waals surface area contributed by atoms with Crippen molar-refractivity contribution in [1.82, 2.24) is 14.8 Å². The second-order valence-corrected chi connectivity index (χ2v) is 10.1. The quantitative estimate of drug-likeness (QED) is 0.474. The van der Waals surface area contributed by atoms with Crippen LogP contribution in [0.2, 0.25) is 0 Å². The molecule has 0 aliphatic carbocycles. The highest BCUT2D eigenvalue weighted by Gasteiger charge is 2.37. The van der Waals surface area contributed by atoms with Gasteiger partial charge in [-0.1, -0.05) is 6.07 Å². The van der Waals surface area contributed by atoms with E-state index in [1.807, 2.05) is 29.1 Å². The van der Waals surface area contributed by atoms with Crippen LogP contribution in [0.3, 0.4) is 0 Å². The van der Waals surface area contributed by atoms with Crippen molar-refractivity contribution in [3.63, 3.8) is 0 Å². The van der Waals surface area contributed by atoms with E-state index in [9.17, 15) is 4.79 Å². The molecule has 3 aromatic rings. The molecule has 1 aromatic carbocycles. The van der Waals surface area contributed by atoms with Crippen LogP contribution in [0.5, 0.6) is 11.5 Å². The topological polar surface area (TPSA) is 78.3 Å². The van der Waals surface area contributed by atoms with Crippen LogP contribution in [0.1, 0.15) is 65.0 Å². The Morgan fingerprint density at radius 3 is 2.72 bits per heavy atom. The molecule has 32 heavy (non-hydrogen) atoms. The zero-order valence-electron chi connectivity index (χ0n) is 19.3. The van der Waals surface area contributed by atoms with E-state index in [4.69, 9.17) is 9.47 Å². The Hall–Kier alpha value is -2.87. The van der Waals surface area contributed by atoms with Gasteiger partial charge in [-0.3, -0.25) is 4.79 Å². The van der Waals surface area contributed by atoms with Crippen LogP contribution in [0.15, 0.2) is 30.6 Å². The third-order valence-corrected chi connectivity index (χ3v) is 6.94. The lowest BCUT2D eigenvalue weighted by Crippen LogP contribution is -2.38. The third-order valence-electron chi connectivity index (χ3n) is 5.91. The number of carbonyl (C=O) groups is 1. The van der Waals surface area contributed by atoms with E-state index in [1.54, 1.807) is 31.8 Å². The minimum absolute atomic E-state index is 0.0752. The highest BCUT2D eigenvalue weighted by molar-refractivity contribution is 7.11. The standard InChI is InChI=1S/C24H30N4O3S/c1-15-13-25-23(32-15)18-12-24(2,3)28-22(27-18)17(14-26-28)19(29)8-6-7-16-9-10-20(30-4)21(11-16)31-5/h9-11,13-14,18,27H,6-8,12H2,1-5H3. The van der Waals surface area contributed by atoms with Gasteiger partial charge >= 0.3 is 0 Å². The number of aromatic nitrogens is 3. The van der Waals surface area contributed by atoms with E-state index >= 15 is 0 Å². The molecule has 8 heteroatoms. The number of hydrogen-bond donors (Lipinski definition) is 1. The van der Waals surface area contributed by atoms with Gasteiger partial charge in [0, 0.05) is 17.5 Å². The summed E-state index contributed by atoms with van der Waals surface area (Å²) in [7, 11) is 3.25. The molecule has 170 valence electrons. The summed E-state index contributed by atoms with van der Waals surface area (Å²) in [4.78, 5) is 18.9. The summed E-state index contributed by atoms with van der Waals surface area (Å²) in [5.74, 6) is 2.32. The first kappa shape index (κ1) is 22.3. The molecule has 1 unspecified atom stereocenters. The van der Waals surface area contributed by atoms with Gasteiger partial charge in [0.25, 0.3) is 0 Å². The average molecular weight is 455 g/mol. The number of hydrogen-bond acceptors (Lipinski definition) is 7. The summed E-state index contributed by atoms with van der Waals surface area (Å²) < 4.78 is 12.6. The lowest BCUT2D eigenvalue weighted by molar-refractivity contribution is 0.0980. The number of thiazole rings is 1. The number of anilines is 1. The monoisotopic (exact) mass is 454 g/mol. The lowest BCUT2D eigenvalue weighted by Gasteiger charge is -2.37. The second-order valence-electron chi connectivity index (χ2n) is 8.81. The third kappa shape index (κ3) is 4.37. The summed E-state index contributed by atoms with van der Waals surface area (Å²) in [5.41, 5.74) is 1.57. The van der Waals surface area contributed by atoms with Crippen LogP contribution in [0.4, 0.5) is 5.82 Å². The molecule has 4 rings (SSSR count). The number of nitrogens with zero attached hydrogens (tertiary/aromatic N) is 3. The van der Waals surface area contributed by atoms with E-state index in [2.05, 4.69) is 36.2 Å². The highest BCUT2D eigenvalue weighted by atomic mass is 32.1. The summed E-state index contributed by atoms with van der Waals surface area (Å²) >= 11 is 1.70. The predicted molar refractivity (Wildman–Crippen MR) is 126 cm³/mol. The molecule has 0 radical (unpaired) electrons. The summed E-state index contributed by atoms with van der Waals surface area (Å²) in [6.07, 6.45) is 6.46. The van der Waals surface area contributed by atoms with Crippen molar-refractivity contribution in [1.29, 1.82) is 0 Å². The molecule has 1 aliphatic rings. The van der Waals surface area contributed by atoms with E-state index in [0.717, 1.165) is 35.7 Å². The number of rotatable bonds is 8. The first-order valence-electron chi connectivity index (χ1n) is 10.8. The van der Waals surface area contributed by atoms with E-state index < -0.39 is 0 Å². The number of ether oxygens (including phenoxy) is 2. The van der Waals surface area contributed by atoms with Crippen molar-refractivity contribution in [3.05, 3.63) is 51.6 Å². The molecule has 0 spiro atoms. The van der Waals surface area contributed by atoms with Crippen LogP contribution in [0.25, 0.3) is 0 Å². The van der Waals surface area contributed by atoms with Crippen LogP contribution < -0.4 is 14.8 Å². The number of aryl methyl sites for hydroxylation is 2. The van der Waals surface area contributed by atoms with E-state index in [0.29, 0.717) is 23.5 Å². The molecule has 0 fully saturated rings. The fourth-order valence-corrected chi connectivity index (χ4v) is 5.08. The van der Waals surface area contributed by atoms with Gasteiger partial charge in [0.05, 0.1) is 37.6 Å². The fraction of sp³-hybridized carbons (Fsp3) is 0.458. The summed E-state index contributed by atoms with van der Waals surface area (Å²) in [5, 5.41) is 9.15. The van der Waals surface area contributed by atoms with Gasteiger partial charge in [-0.05, 0) is 57.7 Å². The Morgan fingerprint density at radius 2 is 2.03 bits per heavy atom. The minimum Gasteiger partial charge on any atom is -0.493 e.